The molecule has 0 radical (unpaired) electrons. The molecule has 1 saturated heterocycles. The van der Waals surface area contributed by atoms with Gasteiger partial charge in [0.25, 0.3) is 0 Å². The van der Waals surface area contributed by atoms with Gasteiger partial charge in [0, 0.05) is 18.5 Å². The van der Waals surface area contributed by atoms with Gasteiger partial charge in [-0.2, -0.15) is 13.2 Å². The second-order valence-electron chi connectivity index (χ2n) is 9.03. The molecule has 4 rings (SSSR count). The third-order valence-corrected chi connectivity index (χ3v) is 6.59. The first-order valence-electron chi connectivity index (χ1n) is 10.6. The Morgan fingerprint density at radius 3 is 2.28 bits per heavy atom. The first-order chi connectivity index (χ1) is 14.9. The molecule has 2 heterocycles. The maximum Gasteiger partial charge on any atom is 0.416 e. The highest BCUT2D eigenvalue weighted by Gasteiger charge is 2.61. The summed E-state index contributed by atoms with van der Waals surface area (Å²) in [7, 11) is 0. The van der Waals surface area contributed by atoms with Crippen molar-refractivity contribution in [2.24, 2.45) is 0 Å². The lowest BCUT2D eigenvalue weighted by Crippen LogP contribution is -2.72. The van der Waals surface area contributed by atoms with Gasteiger partial charge in [-0.1, -0.05) is 12.1 Å². The van der Waals surface area contributed by atoms with Gasteiger partial charge in [0.15, 0.2) is 5.89 Å². The lowest BCUT2D eigenvalue weighted by atomic mass is 9.65. The average Bonchev–Trinajstić information content (AvgIpc) is 3.01. The number of rotatable bonds is 4. The molecule has 1 aliphatic carbocycles. The maximum atomic E-state index is 13.5. The lowest BCUT2D eigenvalue weighted by Gasteiger charge is -2.57. The molecule has 2 amide bonds. The molecule has 0 N–H and O–H groups in total. The van der Waals surface area contributed by atoms with Gasteiger partial charge in [0.1, 0.15) is 17.8 Å². The summed E-state index contributed by atoms with van der Waals surface area (Å²) >= 11 is 0. The Kier molecular flexibility index (Phi) is 5.33. The highest BCUT2D eigenvalue weighted by atomic mass is 19.4. The number of carbonyl (C=O) groups is 2. The fourth-order valence-electron chi connectivity index (χ4n) is 4.56. The summed E-state index contributed by atoms with van der Waals surface area (Å²) in [6.45, 7) is 7.44. The number of aromatic nitrogens is 1. The smallest absolute Gasteiger partial charge is 0.416 e. The van der Waals surface area contributed by atoms with Crippen LogP contribution in [0.4, 0.5) is 13.2 Å². The van der Waals surface area contributed by atoms with Crippen LogP contribution in [0.5, 0.6) is 0 Å². The van der Waals surface area contributed by atoms with Crippen molar-refractivity contribution in [1.82, 2.24) is 14.8 Å². The lowest BCUT2D eigenvalue weighted by molar-refractivity contribution is -0.176. The summed E-state index contributed by atoms with van der Waals surface area (Å²) in [6, 6.07) is 4.59. The second kappa shape index (κ2) is 7.64. The highest BCUT2D eigenvalue weighted by molar-refractivity contribution is 5.99. The molecule has 1 saturated carbocycles. The van der Waals surface area contributed by atoms with Gasteiger partial charge in [-0.15, -0.1) is 0 Å². The van der Waals surface area contributed by atoms with Crippen molar-refractivity contribution in [2.45, 2.75) is 70.8 Å². The minimum absolute atomic E-state index is 0.0409. The largest absolute Gasteiger partial charge is 0.445 e. The molecule has 9 heteroatoms. The highest BCUT2D eigenvalue weighted by Crippen LogP contribution is 2.51. The van der Waals surface area contributed by atoms with Gasteiger partial charge in [0.05, 0.1) is 11.3 Å². The number of aryl methyl sites for hydroxylation is 2. The fraction of sp³-hybridized carbons (Fsp3) is 0.522. The summed E-state index contributed by atoms with van der Waals surface area (Å²) in [5, 5.41) is 0. The number of alkyl halides is 3. The number of carbonyl (C=O) groups excluding carboxylic acids is 2. The van der Waals surface area contributed by atoms with E-state index in [-0.39, 0.29) is 36.9 Å². The first-order valence-corrected chi connectivity index (χ1v) is 10.6. The quantitative estimate of drug-likeness (QED) is 0.702. The van der Waals surface area contributed by atoms with Crippen molar-refractivity contribution in [2.75, 3.05) is 6.54 Å². The van der Waals surface area contributed by atoms with Crippen molar-refractivity contribution in [3.8, 4) is 0 Å². The van der Waals surface area contributed by atoms with Crippen LogP contribution in [0.15, 0.2) is 28.7 Å². The number of hydrogen-bond donors (Lipinski definition) is 0. The number of hydrogen-bond acceptors (Lipinski definition) is 4. The molecule has 2 aliphatic rings. The Balaban J connectivity index is 1.62. The van der Waals surface area contributed by atoms with E-state index >= 15 is 0 Å². The number of halogens is 3. The Morgan fingerprint density at radius 2 is 1.78 bits per heavy atom. The van der Waals surface area contributed by atoms with E-state index in [0.717, 1.165) is 23.6 Å². The van der Waals surface area contributed by atoms with Crippen LogP contribution in [0, 0.1) is 13.8 Å². The van der Waals surface area contributed by atoms with Gasteiger partial charge in [-0.25, -0.2) is 4.98 Å². The molecule has 1 spiro atoms. The van der Waals surface area contributed by atoms with E-state index in [9.17, 15) is 22.8 Å². The minimum Gasteiger partial charge on any atom is -0.445 e. The van der Waals surface area contributed by atoms with Gasteiger partial charge < -0.3 is 14.2 Å². The molecule has 1 aromatic heterocycles. The Hall–Kier alpha value is -2.84. The van der Waals surface area contributed by atoms with Crippen LogP contribution in [0.1, 0.15) is 61.1 Å². The van der Waals surface area contributed by atoms with Gasteiger partial charge in [0.2, 0.25) is 11.8 Å². The Bertz CT molecular complexity index is 1020. The van der Waals surface area contributed by atoms with E-state index in [2.05, 4.69) is 4.98 Å². The van der Waals surface area contributed by atoms with E-state index in [1.54, 1.807) is 4.90 Å². The molecule has 0 bridgehead atoms. The molecule has 0 unspecified atom stereocenters. The number of oxazole rings is 1. The summed E-state index contributed by atoms with van der Waals surface area (Å²) < 4.78 is 44.4. The third-order valence-electron chi connectivity index (χ3n) is 6.59. The molecule has 1 aliphatic heterocycles. The number of nitrogens with zero attached hydrogens (tertiary/aromatic N) is 3. The van der Waals surface area contributed by atoms with Gasteiger partial charge in [-0.3, -0.25) is 9.59 Å². The van der Waals surface area contributed by atoms with Crippen LogP contribution in [0.25, 0.3) is 0 Å². The average molecular weight is 449 g/mol. The van der Waals surface area contributed by atoms with Crippen molar-refractivity contribution >= 4 is 11.8 Å². The van der Waals surface area contributed by atoms with Crippen molar-refractivity contribution in [1.29, 1.82) is 0 Å². The fourth-order valence-corrected chi connectivity index (χ4v) is 4.56. The maximum absolute atomic E-state index is 13.5. The van der Waals surface area contributed by atoms with Crippen LogP contribution in [0.3, 0.4) is 0 Å². The predicted octanol–water partition coefficient (Wildman–Crippen LogP) is 4.21. The normalized spacial score (nSPS) is 23.9. The van der Waals surface area contributed by atoms with Crippen molar-refractivity contribution < 1.29 is 27.2 Å². The minimum atomic E-state index is -4.43. The zero-order valence-electron chi connectivity index (χ0n) is 18.5. The van der Waals surface area contributed by atoms with Crippen molar-refractivity contribution in [3.63, 3.8) is 0 Å². The molecule has 0 atom stereocenters. The standard InChI is InChI=1S/C23H26F3N3O3/c1-13(2)28-12-19(30)29(11-16-5-7-18(8-6-16)23(24,25)26)22(21(28)31)9-17(10-22)20-27-14(3)15(4)32-20/h5-8,13,17H,9-12H2,1-4H3. The summed E-state index contributed by atoms with van der Waals surface area (Å²) in [6.07, 6.45) is -3.68. The summed E-state index contributed by atoms with van der Waals surface area (Å²) in [4.78, 5) is 34.2. The van der Waals surface area contributed by atoms with Gasteiger partial charge >= 0.3 is 6.18 Å². The number of benzene rings is 1. The topological polar surface area (TPSA) is 66.7 Å². The number of amides is 2. The van der Waals surface area contributed by atoms with Gasteiger partial charge in [-0.05, 0) is 58.2 Å². The zero-order chi connectivity index (χ0) is 23.4. The van der Waals surface area contributed by atoms with Crippen LogP contribution in [-0.4, -0.2) is 44.7 Å². The monoisotopic (exact) mass is 449 g/mol. The molecule has 6 nitrogen and oxygen atoms in total. The van der Waals surface area contributed by atoms with E-state index < -0.39 is 17.3 Å². The van der Waals surface area contributed by atoms with Crippen LogP contribution in [-0.2, 0) is 22.3 Å². The Morgan fingerprint density at radius 1 is 1.16 bits per heavy atom. The summed E-state index contributed by atoms with van der Waals surface area (Å²) in [5.74, 6) is 0.840. The molecule has 2 aromatic rings. The first kappa shape index (κ1) is 22.4. The molecule has 32 heavy (non-hydrogen) atoms. The number of piperazine rings is 1. The molecule has 2 fully saturated rings. The van der Waals surface area contributed by atoms with Crippen LogP contribution >= 0.6 is 0 Å². The SMILES string of the molecule is Cc1nc(C2CC3(C2)C(=O)N(C(C)C)CC(=O)N3Cc2ccc(C(F)(F)F)cc2)oc1C. The molecule has 172 valence electrons. The predicted molar refractivity (Wildman–Crippen MR) is 110 cm³/mol. The Labute approximate surface area is 184 Å². The molecular weight excluding hydrogens is 423 g/mol. The second-order valence-corrected chi connectivity index (χ2v) is 9.03. The third kappa shape index (κ3) is 3.67. The molecule has 1 aromatic carbocycles. The van der Waals surface area contributed by atoms with E-state index in [0.29, 0.717) is 24.3 Å². The van der Waals surface area contributed by atoms with E-state index in [4.69, 9.17) is 4.42 Å². The summed E-state index contributed by atoms with van der Waals surface area (Å²) in [5.41, 5.74) is -0.454. The van der Waals surface area contributed by atoms with Crippen LogP contribution in [0.2, 0.25) is 0 Å². The van der Waals surface area contributed by atoms with Crippen LogP contribution < -0.4 is 0 Å². The zero-order valence-corrected chi connectivity index (χ0v) is 18.5. The van der Waals surface area contributed by atoms with E-state index in [1.165, 1.54) is 17.0 Å². The molecular formula is C23H26F3N3O3. The van der Waals surface area contributed by atoms with E-state index in [1.807, 2.05) is 27.7 Å². The van der Waals surface area contributed by atoms with Crippen molar-refractivity contribution in [3.05, 3.63) is 52.7 Å².